The maximum atomic E-state index is 12.0. The molecule has 0 saturated heterocycles. The van der Waals surface area contributed by atoms with Crippen LogP contribution >= 0.6 is 0 Å². The summed E-state index contributed by atoms with van der Waals surface area (Å²) in [6.45, 7) is 10.8. The van der Waals surface area contributed by atoms with Crippen molar-refractivity contribution in [1.29, 1.82) is 0 Å². The third-order valence-electron chi connectivity index (χ3n) is 3.45. The van der Waals surface area contributed by atoms with Crippen LogP contribution < -0.4 is 10.6 Å². The third-order valence-corrected chi connectivity index (χ3v) is 3.45. The average molecular weight is 279 g/mol. The minimum absolute atomic E-state index is 0.0972. The Bertz CT molecular complexity index is 394. The number of hydrogen-bond acceptors (Lipinski definition) is 2. The van der Waals surface area contributed by atoms with Crippen LogP contribution in [-0.2, 0) is 17.9 Å². The zero-order chi connectivity index (χ0) is 15.0. The van der Waals surface area contributed by atoms with Crippen molar-refractivity contribution < 1.29 is 4.79 Å². The van der Waals surface area contributed by atoms with Gasteiger partial charge in [-0.1, -0.05) is 27.7 Å². The fourth-order valence-corrected chi connectivity index (χ4v) is 2.17. The molecule has 0 radical (unpaired) electrons. The molecule has 114 valence electrons. The lowest BCUT2D eigenvalue weighted by Crippen LogP contribution is -2.36. The van der Waals surface area contributed by atoms with Crippen LogP contribution in [0.4, 0.5) is 0 Å². The van der Waals surface area contributed by atoms with Crippen molar-refractivity contribution in [1.82, 2.24) is 15.2 Å². The monoisotopic (exact) mass is 279 g/mol. The SMILES string of the molecule is CCC(CC)NC(=O)Cn1cccc1CNCC(C)C. The third kappa shape index (κ3) is 5.78. The second-order valence-corrected chi connectivity index (χ2v) is 5.73. The molecule has 0 atom stereocenters. The Balaban J connectivity index is 2.47. The summed E-state index contributed by atoms with van der Waals surface area (Å²) in [7, 11) is 0. The fourth-order valence-electron chi connectivity index (χ4n) is 2.17. The first-order valence-corrected chi connectivity index (χ1v) is 7.70. The molecule has 0 saturated carbocycles. The van der Waals surface area contributed by atoms with E-state index in [1.54, 1.807) is 0 Å². The van der Waals surface area contributed by atoms with Gasteiger partial charge in [0.05, 0.1) is 0 Å². The van der Waals surface area contributed by atoms with Crippen LogP contribution in [-0.4, -0.2) is 23.1 Å². The minimum Gasteiger partial charge on any atom is -0.352 e. The molecule has 1 heterocycles. The highest BCUT2D eigenvalue weighted by Crippen LogP contribution is 2.03. The molecule has 0 aromatic carbocycles. The summed E-state index contributed by atoms with van der Waals surface area (Å²) >= 11 is 0. The molecule has 4 heteroatoms. The van der Waals surface area contributed by atoms with Crippen LogP contribution in [0.3, 0.4) is 0 Å². The first-order valence-electron chi connectivity index (χ1n) is 7.70. The molecular formula is C16H29N3O. The van der Waals surface area contributed by atoms with Gasteiger partial charge in [0.2, 0.25) is 5.91 Å². The second kappa shape index (κ2) is 8.80. The van der Waals surface area contributed by atoms with E-state index in [4.69, 9.17) is 0 Å². The number of nitrogens with zero attached hydrogens (tertiary/aromatic N) is 1. The zero-order valence-electron chi connectivity index (χ0n) is 13.3. The lowest BCUT2D eigenvalue weighted by Gasteiger charge is -2.16. The number of nitrogens with one attached hydrogen (secondary N) is 2. The van der Waals surface area contributed by atoms with E-state index in [-0.39, 0.29) is 5.91 Å². The van der Waals surface area contributed by atoms with Crippen molar-refractivity contribution in [3.05, 3.63) is 24.0 Å². The number of aromatic nitrogens is 1. The highest BCUT2D eigenvalue weighted by molar-refractivity contribution is 5.76. The van der Waals surface area contributed by atoms with Gasteiger partial charge in [0.25, 0.3) is 0 Å². The summed E-state index contributed by atoms with van der Waals surface area (Å²) in [5.41, 5.74) is 1.16. The maximum Gasteiger partial charge on any atom is 0.240 e. The molecule has 0 aliphatic carbocycles. The van der Waals surface area contributed by atoms with E-state index in [1.165, 1.54) is 0 Å². The number of carbonyl (C=O) groups is 1. The summed E-state index contributed by atoms with van der Waals surface area (Å²) in [6, 6.07) is 4.36. The van der Waals surface area contributed by atoms with E-state index >= 15 is 0 Å². The van der Waals surface area contributed by atoms with Gasteiger partial charge in [-0.05, 0) is 37.4 Å². The maximum absolute atomic E-state index is 12.0. The molecule has 20 heavy (non-hydrogen) atoms. The van der Waals surface area contributed by atoms with Crippen LogP contribution in [0.1, 0.15) is 46.2 Å². The van der Waals surface area contributed by atoms with E-state index in [0.29, 0.717) is 18.5 Å². The zero-order valence-corrected chi connectivity index (χ0v) is 13.3. The first kappa shape index (κ1) is 16.8. The number of carbonyl (C=O) groups excluding carboxylic acids is 1. The normalized spacial score (nSPS) is 11.3. The van der Waals surface area contributed by atoms with E-state index in [0.717, 1.165) is 31.6 Å². The molecule has 0 unspecified atom stereocenters. The van der Waals surface area contributed by atoms with E-state index in [9.17, 15) is 4.79 Å². The first-order chi connectivity index (χ1) is 9.56. The Kier molecular flexibility index (Phi) is 7.37. The van der Waals surface area contributed by atoms with Gasteiger partial charge in [0.15, 0.2) is 0 Å². The quantitative estimate of drug-likeness (QED) is 0.729. The highest BCUT2D eigenvalue weighted by atomic mass is 16.2. The van der Waals surface area contributed by atoms with E-state index in [2.05, 4.69) is 44.4 Å². The predicted octanol–water partition coefficient (Wildman–Crippen LogP) is 2.54. The van der Waals surface area contributed by atoms with Gasteiger partial charge >= 0.3 is 0 Å². The fraction of sp³-hybridized carbons (Fsp3) is 0.688. The lowest BCUT2D eigenvalue weighted by molar-refractivity contribution is -0.122. The van der Waals surface area contributed by atoms with Crippen LogP contribution in [0.2, 0.25) is 0 Å². The Morgan fingerprint density at radius 2 is 2.00 bits per heavy atom. The van der Waals surface area contributed by atoms with Crippen molar-refractivity contribution in [3.63, 3.8) is 0 Å². The van der Waals surface area contributed by atoms with Crippen molar-refractivity contribution in [2.75, 3.05) is 6.54 Å². The number of hydrogen-bond donors (Lipinski definition) is 2. The topological polar surface area (TPSA) is 46.1 Å². The summed E-state index contributed by atoms with van der Waals surface area (Å²) in [6.07, 6.45) is 3.94. The van der Waals surface area contributed by atoms with Gasteiger partial charge in [-0.3, -0.25) is 4.79 Å². The molecule has 4 nitrogen and oxygen atoms in total. The Morgan fingerprint density at radius 1 is 1.30 bits per heavy atom. The molecule has 0 aliphatic rings. The second-order valence-electron chi connectivity index (χ2n) is 5.73. The van der Waals surface area contributed by atoms with Gasteiger partial charge < -0.3 is 15.2 Å². The molecule has 2 N–H and O–H groups in total. The van der Waals surface area contributed by atoms with Crippen molar-refractivity contribution in [2.45, 2.75) is 59.7 Å². The van der Waals surface area contributed by atoms with Crippen molar-refractivity contribution in [2.24, 2.45) is 5.92 Å². The standard InChI is InChI=1S/C16H29N3O/c1-5-14(6-2)18-16(20)12-19-9-7-8-15(19)11-17-10-13(3)4/h7-9,13-14,17H,5-6,10-12H2,1-4H3,(H,18,20). The van der Waals surface area contributed by atoms with Crippen LogP contribution in [0, 0.1) is 5.92 Å². The molecule has 1 amide bonds. The molecule has 0 aliphatic heterocycles. The number of amides is 1. The van der Waals surface area contributed by atoms with Crippen molar-refractivity contribution in [3.8, 4) is 0 Å². The molecule has 0 fully saturated rings. The van der Waals surface area contributed by atoms with Crippen LogP contribution in [0.5, 0.6) is 0 Å². The molecule has 0 bridgehead atoms. The smallest absolute Gasteiger partial charge is 0.240 e. The van der Waals surface area contributed by atoms with Gasteiger partial charge in [0.1, 0.15) is 6.54 Å². The Labute approximate surface area is 122 Å². The summed E-state index contributed by atoms with van der Waals surface area (Å²) < 4.78 is 2.02. The predicted molar refractivity (Wildman–Crippen MR) is 83.5 cm³/mol. The minimum atomic E-state index is 0.0972. The Hall–Kier alpha value is -1.29. The molecule has 0 spiro atoms. The lowest BCUT2D eigenvalue weighted by atomic mass is 10.2. The highest BCUT2D eigenvalue weighted by Gasteiger charge is 2.10. The van der Waals surface area contributed by atoms with Gasteiger partial charge in [-0.25, -0.2) is 0 Å². The Morgan fingerprint density at radius 3 is 2.60 bits per heavy atom. The summed E-state index contributed by atoms with van der Waals surface area (Å²) in [5.74, 6) is 0.733. The molecule has 1 rings (SSSR count). The van der Waals surface area contributed by atoms with Gasteiger partial charge in [-0.2, -0.15) is 0 Å². The van der Waals surface area contributed by atoms with Crippen LogP contribution in [0.15, 0.2) is 18.3 Å². The molecule has 1 aromatic heterocycles. The summed E-state index contributed by atoms with van der Waals surface area (Å²) in [5, 5.41) is 6.49. The van der Waals surface area contributed by atoms with Gasteiger partial charge in [0, 0.05) is 24.5 Å². The average Bonchev–Trinajstić information content (AvgIpc) is 2.83. The van der Waals surface area contributed by atoms with E-state index < -0.39 is 0 Å². The van der Waals surface area contributed by atoms with Gasteiger partial charge in [-0.15, -0.1) is 0 Å². The molecule has 1 aromatic rings. The number of rotatable bonds is 9. The van der Waals surface area contributed by atoms with Crippen LogP contribution in [0.25, 0.3) is 0 Å². The largest absolute Gasteiger partial charge is 0.352 e. The van der Waals surface area contributed by atoms with E-state index in [1.807, 2.05) is 16.8 Å². The van der Waals surface area contributed by atoms with Crippen molar-refractivity contribution >= 4 is 5.91 Å². The summed E-state index contributed by atoms with van der Waals surface area (Å²) in [4.78, 5) is 12.0. The molecular weight excluding hydrogens is 250 g/mol.